The number of hydrogen-bond donors (Lipinski definition) is 1. The molecule has 1 rings (SSSR count). The van der Waals surface area contributed by atoms with Crippen LogP contribution in [0.2, 0.25) is 0 Å². The highest BCUT2D eigenvalue weighted by Gasteiger charge is 2.43. The van der Waals surface area contributed by atoms with Crippen molar-refractivity contribution in [1.29, 1.82) is 0 Å². The van der Waals surface area contributed by atoms with Crippen molar-refractivity contribution in [2.75, 3.05) is 6.54 Å². The van der Waals surface area contributed by atoms with Gasteiger partial charge in [-0.1, -0.05) is 27.7 Å². The van der Waals surface area contributed by atoms with Gasteiger partial charge in [0, 0.05) is 24.9 Å². The summed E-state index contributed by atoms with van der Waals surface area (Å²) in [4.78, 5) is 24.1. The summed E-state index contributed by atoms with van der Waals surface area (Å²) in [6.07, 6.45) is -0.575. The molecule has 4 nitrogen and oxygen atoms in total. The number of hydrogen-bond acceptors (Lipinski definition) is 2. The van der Waals surface area contributed by atoms with E-state index in [1.54, 1.807) is 0 Å². The van der Waals surface area contributed by atoms with Crippen LogP contribution in [0.5, 0.6) is 0 Å². The molecule has 0 aliphatic carbocycles. The molecule has 0 bridgehead atoms. The van der Waals surface area contributed by atoms with E-state index in [1.165, 1.54) is 4.90 Å². The summed E-state index contributed by atoms with van der Waals surface area (Å²) in [7, 11) is 0. The first-order valence-electron chi connectivity index (χ1n) is 5.27. The molecule has 2 atom stereocenters. The van der Waals surface area contributed by atoms with E-state index in [-0.39, 0.29) is 23.2 Å². The zero-order valence-electron chi connectivity index (χ0n) is 9.78. The van der Waals surface area contributed by atoms with E-state index in [0.29, 0.717) is 13.0 Å². The molecule has 0 saturated carbocycles. The van der Waals surface area contributed by atoms with E-state index in [9.17, 15) is 9.59 Å². The number of carbonyl (C=O) groups excluding carboxylic acids is 1. The van der Waals surface area contributed by atoms with Gasteiger partial charge in [-0.2, -0.15) is 0 Å². The van der Waals surface area contributed by atoms with Gasteiger partial charge in [-0.3, -0.25) is 4.79 Å². The SMILES string of the molecule is CC1C(=O)CCN(C(=O)O)C1C(C)(C)C. The van der Waals surface area contributed by atoms with E-state index in [0.717, 1.165) is 0 Å². The second-order valence-corrected chi connectivity index (χ2v) is 5.29. The van der Waals surface area contributed by atoms with E-state index < -0.39 is 6.09 Å². The molecule has 1 heterocycles. The molecule has 1 N–H and O–H groups in total. The molecule has 0 radical (unpaired) electrons. The van der Waals surface area contributed by atoms with Crippen molar-refractivity contribution < 1.29 is 14.7 Å². The second kappa shape index (κ2) is 3.83. The lowest BCUT2D eigenvalue weighted by molar-refractivity contribution is -0.130. The van der Waals surface area contributed by atoms with Gasteiger partial charge in [0.25, 0.3) is 0 Å². The fraction of sp³-hybridized carbons (Fsp3) is 0.818. The number of ketones is 1. The predicted octanol–water partition coefficient (Wildman–Crippen LogP) is 1.99. The Morgan fingerprint density at radius 2 is 2.00 bits per heavy atom. The third kappa shape index (κ3) is 2.30. The summed E-state index contributed by atoms with van der Waals surface area (Å²) < 4.78 is 0. The van der Waals surface area contributed by atoms with E-state index in [2.05, 4.69) is 0 Å². The van der Waals surface area contributed by atoms with Gasteiger partial charge in [0.2, 0.25) is 0 Å². The van der Waals surface area contributed by atoms with Crippen molar-refractivity contribution >= 4 is 11.9 Å². The highest BCUT2D eigenvalue weighted by atomic mass is 16.4. The van der Waals surface area contributed by atoms with Gasteiger partial charge >= 0.3 is 6.09 Å². The number of nitrogens with zero attached hydrogens (tertiary/aromatic N) is 1. The molecule has 0 spiro atoms. The molecule has 2 unspecified atom stereocenters. The van der Waals surface area contributed by atoms with Crippen LogP contribution in [0, 0.1) is 11.3 Å². The normalized spacial score (nSPS) is 28.0. The van der Waals surface area contributed by atoms with Crippen molar-refractivity contribution in [3.63, 3.8) is 0 Å². The molecule has 0 aromatic heterocycles. The van der Waals surface area contributed by atoms with Crippen molar-refractivity contribution in [1.82, 2.24) is 4.90 Å². The lowest BCUT2D eigenvalue weighted by atomic mass is 9.74. The number of likely N-dealkylation sites (tertiary alicyclic amines) is 1. The average molecular weight is 213 g/mol. The highest BCUT2D eigenvalue weighted by Crippen LogP contribution is 2.34. The first-order chi connectivity index (χ1) is 6.75. The first-order valence-corrected chi connectivity index (χ1v) is 5.27. The fourth-order valence-corrected chi connectivity index (χ4v) is 2.48. The van der Waals surface area contributed by atoms with Crippen molar-refractivity contribution in [2.45, 2.75) is 40.2 Å². The molecule has 4 heteroatoms. The van der Waals surface area contributed by atoms with E-state index >= 15 is 0 Å². The quantitative estimate of drug-likeness (QED) is 0.669. The summed E-state index contributed by atoms with van der Waals surface area (Å²) >= 11 is 0. The molecule has 0 aromatic rings. The third-order valence-electron chi connectivity index (χ3n) is 3.05. The number of piperidine rings is 1. The molecule has 1 amide bonds. The Morgan fingerprint density at radius 3 is 2.40 bits per heavy atom. The van der Waals surface area contributed by atoms with Crippen LogP contribution >= 0.6 is 0 Å². The van der Waals surface area contributed by atoms with E-state index in [4.69, 9.17) is 5.11 Å². The molecule has 1 saturated heterocycles. The van der Waals surface area contributed by atoms with Crippen molar-refractivity contribution in [2.24, 2.45) is 11.3 Å². The Hall–Kier alpha value is -1.06. The van der Waals surface area contributed by atoms with Crippen LogP contribution in [0.4, 0.5) is 4.79 Å². The minimum atomic E-state index is -0.922. The Labute approximate surface area is 90.3 Å². The molecular formula is C11H19NO3. The minimum absolute atomic E-state index is 0.174. The van der Waals surface area contributed by atoms with Gasteiger partial charge in [0.05, 0.1) is 0 Å². The summed E-state index contributed by atoms with van der Waals surface area (Å²) in [5.41, 5.74) is -0.201. The van der Waals surface area contributed by atoms with E-state index in [1.807, 2.05) is 27.7 Å². The molecule has 1 aliphatic rings. The van der Waals surface area contributed by atoms with Crippen molar-refractivity contribution in [3.05, 3.63) is 0 Å². The van der Waals surface area contributed by atoms with Crippen LogP contribution in [-0.4, -0.2) is 34.5 Å². The summed E-state index contributed by atoms with van der Waals surface area (Å²) in [6.45, 7) is 8.09. The molecule has 1 aliphatic heterocycles. The van der Waals surface area contributed by atoms with Gasteiger partial charge in [-0.25, -0.2) is 4.79 Å². The van der Waals surface area contributed by atoms with Crippen LogP contribution < -0.4 is 0 Å². The molecule has 0 aromatic carbocycles. The Morgan fingerprint density at radius 1 is 1.47 bits per heavy atom. The Bertz CT molecular complexity index is 280. The zero-order valence-corrected chi connectivity index (χ0v) is 9.78. The minimum Gasteiger partial charge on any atom is -0.465 e. The van der Waals surface area contributed by atoms with Gasteiger partial charge in [-0.05, 0) is 5.41 Å². The topological polar surface area (TPSA) is 57.6 Å². The predicted molar refractivity (Wildman–Crippen MR) is 56.8 cm³/mol. The largest absolute Gasteiger partial charge is 0.465 e. The summed E-state index contributed by atoms with van der Waals surface area (Å²) in [5, 5.41) is 9.09. The smallest absolute Gasteiger partial charge is 0.407 e. The van der Waals surface area contributed by atoms with Crippen LogP contribution in [0.3, 0.4) is 0 Å². The van der Waals surface area contributed by atoms with Gasteiger partial charge < -0.3 is 10.0 Å². The number of amides is 1. The molecule has 86 valence electrons. The van der Waals surface area contributed by atoms with Crippen molar-refractivity contribution in [3.8, 4) is 0 Å². The standard InChI is InChI=1S/C11H19NO3/c1-7-8(13)5-6-12(10(14)15)9(7)11(2,3)4/h7,9H,5-6H2,1-4H3,(H,14,15). The molecular weight excluding hydrogens is 194 g/mol. The second-order valence-electron chi connectivity index (χ2n) is 5.29. The lowest BCUT2D eigenvalue weighted by Gasteiger charge is -2.44. The maximum absolute atomic E-state index is 11.6. The fourth-order valence-electron chi connectivity index (χ4n) is 2.48. The first kappa shape index (κ1) is 12.0. The highest BCUT2D eigenvalue weighted by molar-refractivity contribution is 5.84. The van der Waals surface area contributed by atoms with Crippen LogP contribution in [0.15, 0.2) is 0 Å². The number of carboxylic acid groups (broad SMARTS) is 1. The summed E-state index contributed by atoms with van der Waals surface area (Å²) in [6, 6.07) is -0.212. The molecule has 1 fully saturated rings. The van der Waals surface area contributed by atoms with Crippen LogP contribution in [-0.2, 0) is 4.79 Å². The maximum Gasteiger partial charge on any atom is 0.407 e. The Kier molecular flexibility index (Phi) is 3.07. The zero-order chi connectivity index (χ0) is 11.8. The maximum atomic E-state index is 11.6. The lowest BCUT2D eigenvalue weighted by Crippen LogP contribution is -2.56. The van der Waals surface area contributed by atoms with Crippen LogP contribution in [0.1, 0.15) is 34.1 Å². The molecule has 15 heavy (non-hydrogen) atoms. The van der Waals surface area contributed by atoms with Gasteiger partial charge in [-0.15, -0.1) is 0 Å². The monoisotopic (exact) mass is 213 g/mol. The number of Topliss-reactive ketones (excluding diaryl/α,β-unsaturated/α-hetero) is 1. The van der Waals surface area contributed by atoms with Gasteiger partial charge in [0.1, 0.15) is 5.78 Å². The van der Waals surface area contributed by atoms with Crippen LogP contribution in [0.25, 0.3) is 0 Å². The van der Waals surface area contributed by atoms with Gasteiger partial charge in [0.15, 0.2) is 0 Å². The Balaban J connectivity index is 3.00. The number of rotatable bonds is 0. The third-order valence-corrected chi connectivity index (χ3v) is 3.05. The summed E-state index contributed by atoms with van der Waals surface area (Å²) in [5.74, 6) is -0.0257. The number of carbonyl (C=O) groups is 2. The average Bonchev–Trinajstić information content (AvgIpc) is 2.06.